The van der Waals surface area contributed by atoms with Crippen LogP contribution in [0, 0.1) is 11.2 Å². The second-order valence-electron chi connectivity index (χ2n) is 8.93. The smallest absolute Gasteiger partial charge is 0.237 e. The van der Waals surface area contributed by atoms with Crippen LogP contribution in [-0.2, 0) is 10.2 Å². The first-order chi connectivity index (χ1) is 13.1. The van der Waals surface area contributed by atoms with Crippen molar-refractivity contribution in [3.8, 4) is 0 Å². The minimum atomic E-state index is -0.918. The third kappa shape index (κ3) is 2.94. The molecule has 2 aromatic carbocycles. The summed E-state index contributed by atoms with van der Waals surface area (Å²) in [5, 5.41) is 7.15. The van der Waals surface area contributed by atoms with Gasteiger partial charge in [-0.15, -0.1) is 0 Å². The molecule has 1 saturated heterocycles. The van der Waals surface area contributed by atoms with Gasteiger partial charge in [-0.05, 0) is 41.2 Å². The highest BCUT2D eigenvalue weighted by Crippen LogP contribution is 2.55. The van der Waals surface area contributed by atoms with Crippen LogP contribution in [0.1, 0.15) is 44.2 Å². The molecule has 3 atom stereocenters. The zero-order valence-electron chi connectivity index (χ0n) is 16.1. The van der Waals surface area contributed by atoms with Crippen molar-refractivity contribution >= 4 is 34.8 Å². The number of fused-ring (bicyclic) bond motifs is 2. The standard InChI is InChI=1S/C22H23Cl2FN2O/c1-21(2,3)10-18-22(14-8-7-12(23)9-17(14)27-20(22)28)15(11-26-18)13-5-4-6-16(24)19(13)25/h4-9,15,18,26H,10-11H2,1-3H3,(H,27,28)/t15?,18?,22-/m0/s1. The number of carbonyl (C=O) groups is 1. The Bertz CT molecular complexity index is 956. The molecule has 2 N–H and O–H groups in total. The van der Waals surface area contributed by atoms with E-state index >= 15 is 4.39 Å². The summed E-state index contributed by atoms with van der Waals surface area (Å²) in [5.41, 5.74) is 1.10. The van der Waals surface area contributed by atoms with E-state index in [0.717, 1.165) is 12.0 Å². The number of hydrogen-bond donors (Lipinski definition) is 2. The van der Waals surface area contributed by atoms with Crippen molar-refractivity contribution in [3.05, 3.63) is 63.4 Å². The number of benzene rings is 2. The summed E-state index contributed by atoms with van der Waals surface area (Å²) >= 11 is 12.2. The number of anilines is 1. The molecule has 2 aliphatic heterocycles. The Morgan fingerprint density at radius 1 is 1.21 bits per heavy atom. The molecule has 1 spiro atoms. The van der Waals surface area contributed by atoms with Crippen LogP contribution < -0.4 is 10.6 Å². The van der Waals surface area contributed by atoms with Gasteiger partial charge in [-0.1, -0.05) is 62.2 Å². The van der Waals surface area contributed by atoms with Crippen molar-refractivity contribution in [2.75, 3.05) is 11.9 Å². The third-order valence-electron chi connectivity index (χ3n) is 5.89. The zero-order chi connectivity index (χ0) is 20.3. The highest BCUT2D eigenvalue weighted by Gasteiger charge is 2.61. The van der Waals surface area contributed by atoms with Crippen molar-refractivity contribution < 1.29 is 9.18 Å². The van der Waals surface area contributed by atoms with E-state index in [9.17, 15) is 4.79 Å². The lowest BCUT2D eigenvalue weighted by atomic mass is 9.64. The molecule has 2 unspecified atom stereocenters. The highest BCUT2D eigenvalue weighted by molar-refractivity contribution is 6.31. The largest absolute Gasteiger partial charge is 0.325 e. The van der Waals surface area contributed by atoms with Crippen LogP contribution in [0.25, 0.3) is 0 Å². The monoisotopic (exact) mass is 420 g/mol. The van der Waals surface area contributed by atoms with Gasteiger partial charge in [-0.25, -0.2) is 4.39 Å². The Morgan fingerprint density at radius 2 is 1.96 bits per heavy atom. The van der Waals surface area contributed by atoms with Gasteiger partial charge in [0.25, 0.3) is 0 Å². The van der Waals surface area contributed by atoms with E-state index in [1.54, 1.807) is 24.3 Å². The van der Waals surface area contributed by atoms with Gasteiger partial charge in [0.05, 0.1) is 10.4 Å². The topological polar surface area (TPSA) is 41.1 Å². The summed E-state index contributed by atoms with van der Waals surface area (Å²) in [5.74, 6) is -0.948. The van der Waals surface area contributed by atoms with Gasteiger partial charge in [0.15, 0.2) is 0 Å². The summed E-state index contributed by atoms with van der Waals surface area (Å²) in [6.07, 6.45) is 0.765. The molecule has 0 radical (unpaired) electrons. The SMILES string of the molecule is CC(C)(C)CC1NCC(c2cccc(Cl)c2F)[C@]12C(=O)Nc1cc(Cl)ccc12. The molecule has 3 nitrogen and oxygen atoms in total. The minimum Gasteiger partial charge on any atom is -0.325 e. The van der Waals surface area contributed by atoms with Gasteiger partial charge in [-0.3, -0.25) is 4.79 Å². The van der Waals surface area contributed by atoms with E-state index in [0.29, 0.717) is 22.8 Å². The molecule has 2 aliphatic rings. The van der Waals surface area contributed by atoms with E-state index in [1.807, 2.05) is 6.07 Å². The Labute approximate surface area is 174 Å². The normalized spacial score (nSPS) is 26.6. The molecule has 2 heterocycles. The molecule has 1 amide bonds. The number of amides is 1. The first kappa shape index (κ1) is 19.7. The molecule has 148 valence electrons. The fraction of sp³-hybridized carbons (Fsp3) is 0.409. The fourth-order valence-corrected chi connectivity index (χ4v) is 5.19. The molecule has 0 aliphatic carbocycles. The number of carbonyl (C=O) groups excluding carboxylic acids is 1. The zero-order valence-corrected chi connectivity index (χ0v) is 17.6. The fourth-order valence-electron chi connectivity index (χ4n) is 4.84. The summed E-state index contributed by atoms with van der Waals surface area (Å²) in [7, 11) is 0. The van der Waals surface area contributed by atoms with E-state index in [-0.39, 0.29) is 28.3 Å². The predicted octanol–water partition coefficient (Wildman–Crippen LogP) is 5.51. The van der Waals surface area contributed by atoms with E-state index in [2.05, 4.69) is 31.4 Å². The van der Waals surface area contributed by atoms with Crippen LogP contribution in [0.15, 0.2) is 36.4 Å². The lowest BCUT2D eigenvalue weighted by molar-refractivity contribution is -0.121. The molecule has 0 bridgehead atoms. The lowest BCUT2D eigenvalue weighted by Crippen LogP contribution is -2.49. The first-order valence-electron chi connectivity index (χ1n) is 9.43. The van der Waals surface area contributed by atoms with Gasteiger partial charge in [-0.2, -0.15) is 0 Å². The molecule has 6 heteroatoms. The third-order valence-corrected chi connectivity index (χ3v) is 6.42. The van der Waals surface area contributed by atoms with Crippen molar-refractivity contribution in [2.24, 2.45) is 5.41 Å². The summed E-state index contributed by atoms with van der Waals surface area (Å²) in [6, 6.07) is 10.3. The maximum atomic E-state index is 15.0. The second-order valence-corrected chi connectivity index (χ2v) is 9.78. The minimum absolute atomic E-state index is 0.0120. The Morgan fingerprint density at radius 3 is 2.68 bits per heavy atom. The van der Waals surface area contributed by atoms with Crippen LogP contribution >= 0.6 is 23.2 Å². The molecule has 2 aromatic rings. The van der Waals surface area contributed by atoms with Crippen LogP contribution in [0.3, 0.4) is 0 Å². The van der Waals surface area contributed by atoms with Gasteiger partial charge in [0, 0.05) is 29.2 Å². The summed E-state index contributed by atoms with van der Waals surface area (Å²) in [4.78, 5) is 13.5. The average Bonchev–Trinajstić information content (AvgIpc) is 3.09. The van der Waals surface area contributed by atoms with Gasteiger partial charge in [0.1, 0.15) is 5.82 Å². The molecule has 1 fully saturated rings. The van der Waals surface area contributed by atoms with Crippen LogP contribution in [-0.4, -0.2) is 18.5 Å². The Hall–Kier alpha value is -1.62. The first-order valence-corrected chi connectivity index (χ1v) is 10.2. The molecular formula is C22H23Cl2FN2O. The maximum absolute atomic E-state index is 15.0. The van der Waals surface area contributed by atoms with Crippen molar-refractivity contribution in [3.63, 3.8) is 0 Å². The van der Waals surface area contributed by atoms with Gasteiger partial charge >= 0.3 is 0 Å². The van der Waals surface area contributed by atoms with Crippen molar-refractivity contribution in [2.45, 2.75) is 44.6 Å². The number of halogens is 3. The molecule has 0 saturated carbocycles. The predicted molar refractivity (Wildman–Crippen MR) is 112 cm³/mol. The highest BCUT2D eigenvalue weighted by atomic mass is 35.5. The van der Waals surface area contributed by atoms with Crippen LogP contribution in [0.2, 0.25) is 10.0 Å². The van der Waals surface area contributed by atoms with Crippen LogP contribution in [0.4, 0.5) is 10.1 Å². The number of hydrogen-bond acceptors (Lipinski definition) is 2. The lowest BCUT2D eigenvalue weighted by Gasteiger charge is -2.37. The van der Waals surface area contributed by atoms with Gasteiger partial charge in [0.2, 0.25) is 5.91 Å². The van der Waals surface area contributed by atoms with Crippen LogP contribution in [0.5, 0.6) is 0 Å². The quantitative estimate of drug-likeness (QED) is 0.671. The summed E-state index contributed by atoms with van der Waals surface area (Å²) in [6.45, 7) is 6.93. The Balaban J connectivity index is 1.94. The molecule has 0 aromatic heterocycles. The van der Waals surface area contributed by atoms with E-state index in [4.69, 9.17) is 23.2 Å². The summed E-state index contributed by atoms with van der Waals surface area (Å²) < 4.78 is 15.0. The maximum Gasteiger partial charge on any atom is 0.237 e. The second kappa shape index (κ2) is 6.72. The molecular weight excluding hydrogens is 398 g/mol. The molecule has 4 rings (SSSR count). The van der Waals surface area contributed by atoms with E-state index in [1.165, 1.54) is 6.07 Å². The van der Waals surface area contributed by atoms with Gasteiger partial charge < -0.3 is 10.6 Å². The van der Waals surface area contributed by atoms with Crippen molar-refractivity contribution in [1.82, 2.24) is 5.32 Å². The average molecular weight is 421 g/mol. The van der Waals surface area contributed by atoms with Crippen molar-refractivity contribution in [1.29, 1.82) is 0 Å². The number of nitrogens with one attached hydrogen (secondary N) is 2. The molecule has 28 heavy (non-hydrogen) atoms. The van der Waals surface area contributed by atoms with E-state index < -0.39 is 11.2 Å². The number of rotatable bonds is 2. The Kier molecular flexibility index (Phi) is 4.72.